The van der Waals surface area contributed by atoms with Gasteiger partial charge in [0.1, 0.15) is 0 Å². The van der Waals surface area contributed by atoms with E-state index in [4.69, 9.17) is 11.6 Å². The number of anilines is 1. The second-order valence-corrected chi connectivity index (χ2v) is 5.75. The number of rotatable bonds is 7. The molecule has 20 heavy (non-hydrogen) atoms. The van der Waals surface area contributed by atoms with Crippen LogP contribution in [-0.2, 0) is 4.79 Å². The quantitative estimate of drug-likeness (QED) is 0.533. The molecule has 2 nitrogen and oxygen atoms in total. The number of para-hydroxylation sites is 1. The number of nitrogens with one attached hydrogen (secondary N) is 1. The fraction of sp³-hybridized carbons (Fsp3) is 0.471. The summed E-state index contributed by atoms with van der Waals surface area (Å²) in [5, 5.41) is 3.56. The maximum Gasteiger partial charge on any atom is 0.257 e. The molecular formula is C17H22ClNO. The van der Waals surface area contributed by atoms with Gasteiger partial charge in [-0.2, -0.15) is 0 Å². The molecular weight excluding hydrogens is 270 g/mol. The van der Waals surface area contributed by atoms with E-state index in [0.717, 1.165) is 24.1 Å². The summed E-state index contributed by atoms with van der Waals surface area (Å²) in [5.74, 6) is -0.0674. The molecule has 0 fully saturated rings. The van der Waals surface area contributed by atoms with Crippen LogP contribution in [0.3, 0.4) is 0 Å². The van der Waals surface area contributed by atoms with E-state index in [9.17, 15) is 4.79 Å². The molecule has 1 aromatic rings. The molecule has 1 aromatic carbocycles. The maximum absolute atomic E-state index is 12.0. The number of benzene rings is 1. The Bertz CT molecular complexity index is 507. The lowest BCUT2D eigenvalue weighted by atomic mass is 10.0. The van der Waals surface area contributed by atoms with Gasteiger partial charge >= 0.3 is 0 Å². The van der Waals surface area contributed by atoms with E-state index in [1.54, 1.807) is 0 Å². The van der Waals surface area contributed by atoms with Crippen molar-refractivity contribution in [2.45, 2.75) is 51.9 Å². The van der Waals surface area contributed by atoms with Crippen molar-refractivity contribution in [3.8, 4) is 0 Å². The van der Waals surface area contributed by atoms with Crippen molar-refractivity contribution in [2.75, 3.05) is 5.32 Å². The zero-order valence-corrected chi connectivity index (χ0v) is 12.8. The van der Waals surface area contributed by atoms with Crippen molar-refractivity contribution in [1.82, 2.24) is 0 Å². The first-order valence-electron chi connectivity index (χ1n) is 7.53. The Kier molecular flexibility index (Phi) is 5.66. The fourth-order valence-corrected chi connectivity index (χ4v) is 2.89. The van der Waals surface area contributed by atoms with Crippen molar-refractivity contribution in [1.29, 1.82) is 0 Å². The predicted octanol–water partition coefficient (Wildman–Crippen LogP) is 5.34. The second kappa shape index (κ2) is 7.49. The molecule has 0 spiro atoms. The first-order valence-corrected chi connectivity index (χ1v) is 7.91. The molecule has 1 heterocycles. The lowest BCUT2D eigenvalue weighted by Crippen LogP contribution is -2.04. The molecule has 0 radical (unpaired) electrons. The number of unbranched alkanes of at least 4 members (excludes halogenated alkanes) is 5. The third kappa shape index (κ3) is 3.63. The van der Waals surface area contributed by atoms with Crippen LogP contribution in [0, 0.1) is 0 Å². The van der Waals surface area contributed by atoms with Crippen LogP contribution in [0.5, 0.6) is 0 Å². The summed E-state index contributed by atoms with van der Waals surface area (Å²) in [6.07, 6.45) is 8.18. The zero-order chi connectivity index (χ0) is 14.4. The standard InChI is InChI=1S/C17H22ClNO/c1-2-3-4-5-6-7-11-14(18)16-13-10-8-9-12-15(13)19-17(16)20/h8-10,12H,2-7,11H2,1H3,(H,19,20)/b16-14+. The van der Waals surface area contributed by atoms with Gasteiger partial charge in [0.05, 0.1) is 5.57 Å². The molecule has 0 bridgehead atoms. The Hall–Kier alpha value is -1.28. The normalized spacial score (nSPS) is 16.0. The summed E-state index contributed by atoms with van der Waals surface area (Å²) in [6, 6.07) is 7.72. The van der Waals surface area contributed by atoms with Gasteiger partial charge in [0.15, 0.2) is 0 Å². The molecule has 1 amide bonds. The van der Waals surface area contributed by atoms with Crippen molar-refractivity contribution >= 4 is 28.8 Å². The lowest BCUT2D eigenvalue weighted by molar-refractivity contribution is -0.110. The van der Waals surface area contributed by atoms with Crippen molar-refractivity contribution in [3.63, 3.8) is 0 Å². The van der Waals surface area contributed by atoms with E-state index in [1.165, 1.54) is 32.1 Å². The number of carbonyl (C=O) groups excluding carboxylic acids is 1. The SMILES string of the molecule is CCCCCCCC/C(Cl)=C1\C(=O)Nc2ccccc21. The molecule has 2 rings (SSSR count). The van der Waals surface area contributed by atoms with Crippen LogP contribution in [0.15, 0.2) is 29.3 Å². The third-order valence-electron chi connectivity index (χ3n) is 3.69. The summed E-state index contributed by atoms with van der Waals surface area (Å²) in [6.45, 7) is 2.22. The van der Waals surface area contributed by atoms with E-state index in [-0.39, 0.29) is 5.91 Å². The first kappa shape index (κ1) is 15.1. The highest BCUT2D eigenvalue weighted by atomic mass is 35.5. The minimum atomic E-state index is -0.0674. The molecule has 0 aromatic heterocycles. The van der Waals surface area contributed by atoms with Gasteiger partial charge in [0.2, 0.25) is 0 Å². The van der Waals surface area contributed by atoms with Crippen LogP contribution < -0.4 is 5.32 Å². The van der Waals surface area contributed by atoms with E-state index in [1.807, 2.05) is 24.3 Å². The van der Waals surface area contributed by atoms with E-state index < -0.39 is 0 Å². The molecule has 1 aliphatic heterocycles. The minimum Gasteiger partial charge on any atom is -0.321 e. The van der Waals surface area contributed by atoms with Gasteiger partial charge in [-0.05, 0) is 18.9 Å². The van der Waals surface area contributed by atoms with Crippen molar-refractivity contribution in [3.05, 3.63) is 34.9 Å². The minimum absolute atomic E-state index is 0.0674. The van der Waals surface area contributed by atoms with Gasteiger partial charge < -0.3 is 5.32 Å². The number of allylic oxidation sites excluding steroid dienone is 1. The van der Waals surface area contributed by atoms with Gasteiger partial charge in [-0.15, -0.1) is 0 Å². The van der Waals surface area contributed by atoms with Gasteiger partial charge in [-0.1, -0.05) is 68.8 Å². The third-order valence-corrected chi connectivity index (χ3v) is 4.07. The smallest absolute Gasteiger partial charge is 0.257 e. The average molecular weight is 292 g/mol. The molecule has 0 unspecified atom stereocenters. The van der Waals surface area contributed by atoms with Crippen molar-refractivity contribution in [2.24, 2.45) is 0 Å². The van der Waals surface area contributed by atoms with E-state index in [2.05, 4.69) is 12.2 Å². The molecule has 0 saturated heterocycles. The first-order chi connectivity index (χ1) is 9.74. The van der Waals surface area contributed by atoms with E-state index in [0.29, 0.717) is 10.6 Å². The lowest BCUT2D eigenvalue weighted by Gasteiger charge is -2.04. The molecule has 0 aliphatic carbocycles. The van der Waals surface area contributed by atoms with Crippen LogP contribution in [0.1, 0.15) is 57.4 Å². The molecule has 0 atom stereocenters. The van der Waals surface area contributed by atoms with E-state index >= 15 is 0 Å². The summed E-state index contributed by atoms with van der Waals surface area (Å²) in [7, 11) is 0. The van der Waals surface area contributed by atoms with Crippen LogP contribution in [0.25, 0.3) is 5.57 Å². The van der Waals surface area contributed by atoms with Crippen LogP contribution >= 0.6 is 11.6 Å². The Balaban J connectivity index is 1.93. The largest absolute Gasteiger partial charge is 0.321 e. The Morgan fingerprint density at radius 3 is 2.60 bits per heavy atom. The Labute approximate surface area is 126 Å². The van der Waals surface area contributed by atoms with Gasteiger partial charge in [-0.25, -0.2) is 0 Å². The summed E-state index contributed by atoms with van der Waals surface area (Å²) in [4.78, 5) is 12.0. The Morgan fingerprint density at radius 1 is 1.10 bits per heavy atom. The molecule has 3 heteroatoms. The number of carbonyl (C=O) groups is 1. The number of hydrogen-bond acceptors (Lipinski definition) is 1. The maximum atomic E-state index is 12.0. The predicted molar refractivity (Wildman–Crippen MR) is 85.8 cm³/mol. The number of amides is 1. The van der Waals surface area contributed by atoms with Gasteiger partial charge in [0, 0.05) is 16.3 Å². The van der Waals surface area contributed by atoms with Crippen LogP contribution in [0.2, 0.25) is 0 Å². The highest BCUT2D eigenvalue weighted by Gasteiger charge is 2.26. The highest BCUT2D eigenvalue weighted by molar-refractivity contribution is 6.43. The monoisotopic (exact) mass is 291 g/mol. The highest BCUT2D eigenvalue weighted by Crippen LogP contribution is 2.36. The number of fused-ring (bicyclic) bond motifs is 1. The molecule has 108 valence electrons. The summed E-state index contributed by atoms with van der Waals surface area (Å²) >= 11 is 6.37. The zero-order valence-electron chi connectivity index (χ0n) is 12.0. The Morgan fingerprint density at radius 2 is 1.80 bits per heavy atom. The average Bonchev–Trinajstić information content (AvgIpc) is 2.78. The number of hydrogen-bond donors (Lipinski definition) is 1. The topological polar surface area (TPSA) is 29.1 Å². The van der Waals surface area contributed by atoms with Crippen molar-refractivity contribution < 1.29 is 4.79 Å². The molecule has 1 N–H and O–H groups in total. The van der Waals surface area contributed by atoms with Crippen LogP contribution in [0.4, 0.5) is 5.69 Å². The van der Waals surface area contributed by atoms with Crippen LogP contribution in [-0.4, -0.2) is 5.91 Å². The second-order valence-electron chi connectivity index (χ2n) is 5.30. The van der Waals surface area contributed by atoms with Gasteiger partial charge in [0.25, 0.3) is 5.91 Å². The molecule has 1 aliphatic rings. The number of halogens is 1. The van der Waals surface area contributed by atoms with Gasteiger partial charge in [-0.3, -0.25) is 4.79 Å². The molecule has 0 saturated carbocycles. The summed E-state index contributed by atoms with van der Waals surface area (Å²) in [5.41, 5.74) is 2.47. The fourth-order valence-electron chi connectivity index (χ4n) is 2.57. The summed E-state index contributed by atoms with van der Waals surface area (Å²) < 4.78 is 0.